The number of hydrogen-bond donors (Lipinski definition) is 2. The lowest BCUT2D eigenvalue weighted by molar-refractivity contribution is 0.168. The molecule has 0 unspecified atom stereocenters. The number of pyridine rings is 2. The summed E-state index contributed by atoms with van der Waals surface area (Å²) in [5.41, 5.74) is 3.54. The number of thiazole rings is 2. The molecule has 2 saturated heterocycles. The van der Waals surface area contributed by atoms with Gasteiger partial charge >= 0.3 is 19.1 Å². The lowest BCUT2D eigenvalue weighted by Gasteiger charge is -2.29. The van der Waals surface area contributed by atoms with Crippen LogP contribution in [0.1, 0.15) is 74.9 Å². The van der Waals surface area contributed by atoms with Crippen molar-refractivity contribution in [1.82, 2.24) is 40.2 Å². The highest BCUT2D eigenvalue weighted by molar-refractivity contribution is 9.10. The van der Waals surface area contributed by atoms with Gasteiger partial charge in [0, 0.05) is 81.8 Å². The maximum Gasteiger partial charge on any atom is 0.488 e. The molecule has 6 aromatic heterocycles. The van der Waals surface area contributed by atoms with E-state index in [1.165, 1.54) is 66.0 Å². The topological polar surface area (TPSA) is 263 Å². The number of anilines is 2. The molecule has 4 fully saturated rings. The van der Waals surface area contributed by atoms with Crippen molar-refractivity contribution < 1.29 is 45.4 Å². The Balaban J connectivity index is 0.000000137. The largest absolute Gasteiger partial charge is 0.488 e. The summed E-state index contributed by atoms with van der Waals surface area (Å²) in [6.45, 7) is 3.30. The predicted octanol–water partition coefficient (Wildman–Crippen LogP) is 6.60. The number of piperidine rings is 2. The number of nitrogens with zero attached hydrogens (tertiary/aromatic N) is 10. The third kappa shape index (κ3) is 12.4. The zero-order valence-corrected chi connectivity index (χ0v) is 43.8. The molecule has 8 aromatic rings. The molecule has 2 aliphatic carbocycles. The molecule has 12 rings (SSSR count). The molecular formula is C46H48BBrN10O10S4. The minimum atomic E-state index is -3.23. The van der Waals surface area contributed by atoms with Crippen LogP contribution in [-0.4, -0.2) is 125 Å². The van der Waals surface area contributed by atoms with Gasteiger partial charge in [0.15, 0.2) is 31.3 Å². The molecule has 20 nitrogen and oxygen atoms in total. The second kappa shape index (κ2) is 21.1. The van der Waals surface area contributed by atoms with Crippen molar-refractivity contribution in [3.8, 4) is 21.6 Å². The predicted molar refractivity (Wildman–Crippen MR) is 275 cm³/mol. The summed E-state index contributed by atoms with van der Waals surface area (Å²) in [5.74, 6) is 2.70. The van der Waals surface area contributed by atoms with E-state index >= 15 is 0 Å². The van der Waals surface area contributed by atoms with Gasteiger partial charge in [0.25, 0.3) is 10.4 Å². The van der Waals surface area contributed by atoms with Crippen LogP contribution < -0.4 is 24.7 Å². The van der Waals surface area contributed by atoms with Gasteiger partial charge in [-0.2, -0.15) is 9.97 Å². The maximum atomic E-state index is 11.7. The fourth-order valence-electron chi connectivity index (χ4n) is 7.93. The fourth-order valence-corrected chi connectivity index (χ4v) is 11.3. The first-order valence-corrected chi connectivity index (χ1v) is 29.5. The number of halogens is 1. The number of ether oxygens (including phenoxy) is 2. The first-order valence-electron chi connectivity index (χ1n) is 23.3. The Morgan fingerprint density at radius 1 is 0.583 bits per heavy atom. The summed E-state index contributed by atoms with van der Waals surface area (Å²) >= 11 is 6.29. The number of sulfone groups is 2. The second-order valence-corrected chi connectivity index (χ2v) is 24.7. The SMILES string of the molecule is Brc1ccc2nc(OC3CCN(c4nc(C5CC5)no4)CC3)sc2n1.CS(=O)(=O)c1ccc(-c2ccc3nc(OC4CCN(c5nc(C6CC6)no5)CC4)sc3n2)cc1.CS(=O)(=O)c1ccc(B(O)O)cc1. The van der Waals surface area contributed by atoms with Gasteiger partial charge in [0.1, 0.15) is 37.5 Å². The van der Waals surface area contributed by atoms with Crippen molar-refractivity contribution in [3.63, 3.8) is 0 Å². The lowest BCUT2D eigenvalue weighted by Crippen LogP contribution is -2.38. The van der Waals surface area contributed by atoms with Gasteiger partial charge in [-0.05, 0) is 95.6 Å². The van der Waals surface area contributed by atoms with Crippen molar-refractivity contribution >= 4 is 104 Å². The molecule has 2 aliphatic heterocycles. The number of rotatable bonds is 12. The van der Waals surface area contributed by atoms with Crippen LogP contribution in [0.5, 0.6) is 10.4 Å². The van der Waals surface area contributed by atoms with Crippen molar-refractivity contribution in [2.75, 3.05) is 48.5 Å². The average Bonchev–Trinajstić information content (AvgIpc) is 4.18. The quantitative estimate of drug-likeness (QED) is 0.0964. The molecule has 376 valence electrons. The smallest absolute Gasteiger partial charge is 0.467 e. The molecule has 0 radical (unpaired) electrons. The summed E-state index contributed by atoms with van der Waals surface area (Å²) in [4.78, 5) is 33.7. The van der Waals surface area contributed by atoms with Crippen LogP contribution in [0.2, 0.25) is 0 Å². The monoisotopic (exact) mass is 1120 g/mol. The van der Waals surface area contributed by atoms with Gasteiger partial charge in [-0.25, -0.2) is 36.8 Å². The Bertz CT molecular complexity index is 3390. The standard InChI is InChI=1S/C23H23N5O4S2.C16H16BrN5O2S.C7H9BO4S/c1-34(29,30)17-6-4-14(5-7-17)18-8-9-19-21(24-18)33-23(25-19)31-16-10-12-28(13-11-16)22-26-20(27-32-22)15-2-3-15;17-12-4-3-11-14(19-12)25-16(18-11)23-10-5-7-22(8-6-10)15-20-13(21-24-15)9-1-2-9;1-13(11,12)7-4-2-6(3-5-7)8(9)10/h4-9,15-16H,2-3,10-13H2,1H3;3-4,9-10H,1-2,5-8H2;2-5,9-10H,1H3. The Hall–Kier alpha value is -5.64. The van der Waals surface area contributed by atoms with Crippen molar-refractivity contribution in [1.29, 1.82) is 0 Å². The number of aromatic nitrogens is 8. The van der Waals surface area contributed by atoms with Gasteiger partial charge in [0.05, 0.1) is 15.5 Å². The molecule has 0 amide bonds. The molecule has 0 atom stereocenters. The summed E-state index contributed by atoms with van der Waals surface area (Å²) in [6, 6.07) is 21.1. The third-order valence-corrected chi connectivity index (χ3v) is 16.7. The van der Waals surface area contributed by atoms with Crippen LogP contribution in [0.25, 0.3) is 32.0 Å². The van der Waals surface area contributed by atoms with Gasteiger partial charge in [0.2, 0.25) is 0 Å². The molecule has 4 aliphatic rings. The Morgan fingerprint density at radius 2 is 1.03 bits per heavy atom. The first kappa shape index (κ1) is 49.9. The highest BCUT2D eigenvalue weighted by atomic mass is 79.9. The molecule has 2 saturated carbocycles. The average molecular weight is 1120 g/mol. The van der Waals surface area contributed by atoms with E-state index in [1.807, 2.05) is 24.3 Å². The van der Waals surface area contributed by atoms with Crippen LogP contribution >= 0.6 is 38.6 Å². The van der Waals surface area contributed by atoms with Gasteiger partial charge in [-0.3, -0.25) is 0 Å². The number of hydrogen-bond acceptors (Lipinski definition) is 22. The first-order chi connectivity index (χ1) is 34.6. The minimum absolute atomic E-state index is 0.0747. The molecule has 72 heavy (non-hydrogen) atoms. The van der Waals surface area contributed by atoms with Gasteiger partial charge in [-0.1, -0.05) is 57.3 Å². The van der Waals surface area contributed by atoms with E-state index in [1.54, 1.807) is 24.3 Å². The van der Waals surface area contributed by atoms with Crippen molar-refractivity contribution in [2.45, 2.75) is 85.2 Å². The summed E-state index contributed by atoms with van der Waals surface area (Å²) in [5, 5.41) is 26.9. The Labute approximate surface area is 431 Å². The van der Waals surface area contributed by atoms with Crippen LogP contribution in [0, 0.1) is 0 Å². The molecule has 0 bridgehead atoms. The Morgan fingerprint density at radius 3 is 1.47 bits per heavy atom. The fraction of sp³-hybridized carbons (Fsp3) is 0.391. The minimum Gasteiger partial charge on any atom is -0.467 e. The molecular weight excluding hydrogens is 1070 g/mol. The van der Waals surface area contributed by atoms with E-state index in [0.717, 1.165) is 119 Å². The number of benzene rings is 2. The zero-order valence-electron chi connectivity index (χ0n) is 38.9. The lowest BCUT2D eigenvalue weighted by atomic mass is 9.81. The second-order valence-electron chi connectivity index (χ2n) is 18.0. The molecule has 8 heterocycles. The van der Waals surface area contributed by atoms with Crippen LogP contribution in [0.4, 0.5) is 12.0 Å². The summed E-state index contributed by atoms with van der Waals surface area (Å²) < 4.78 is 69.3. The van der Waals surface area contributed by atoms with E-state index in [2.05, 4.69) is 61.0 Å². The van der Waals surface area contributed by atoms with Crippen LogP contribution in [-0.2, 0) is 19.7 Å². The summed E-state index contributed by atoms with van der Waals surface area (Å²) in [7, 11) is -8.00. The van der Waals surface area contributed by atoms with Crippen LogP contribution in [0.15, 0.2) is 96.2 Å². The van der Waals surface area contributed by atoms with Crippen molar-refractivity contribution in [2.24, 2.45) is 0 Å². The van der Waals surface area contributed by atoms with E-state index in [0.29, 0.717) is 39.1 Å². The van der Waals surface area contributed by atoms with E-state index in [-0.39, 0.29) is 22.6 Å². The normalized spacial score (nSPS) is 16.8. The van der Waals surface area contributed by atoms with Crippen LogP contribution in [0.3, 0.4) is 0 Å². The molecule has 26 heteroatoms. The Kier molecular flexibility index (Phi) is 14.6. The summed E-state index contributed by atoms with van der Waals surface area (Å²) in [6.07, 6.45) is 10.7. The van der Waals surface area contributed by atoms with E-state index < -0.39 is 26.8 Å². The molecule has 2 N–H and O–H groups in total. The van der Waals surface area contributed by atoms with Gasteiger partial charge in [-0.15, -0.1) is 0 Å². The maximum absolute atomic E-state index is 11.7. The molecule has 2 aromatic carbocycles. The van der Waals surface area contributed by atoms with E-state index in [4.69, 9.17) is 33.6 Å². The highest BCUT2D eigenvalue weighted by Gasteiger charge is 2.33. The van der Waals surface area contributed by atoms with Gasteiger partial charge < -0.3 is 38.4 Å². The number of fused-ring (bicyclic) bond motifs is 2. The van der Waals surface area contributed by atoms with Crippen molar-refractivity contribution in [3.05, 3.63) is 89.0 Å². The third-order valence-electron chi connectivity index (χ3n) is 12.3. The molecule has 0 spiro atoms. The van der Waals surface area contributed by atoms with E-state index in [9.17, 15) is 16.8 Å². The zero-order chi connectivity index (χ0) is 50.1. The highest BCUT2D eigenvalue weighted by Crippen LogP contribution is 2.40.